The zero-order chi connectivity index (χ0) is 15.5. The van der Waals surface area contributed by atoms with Gasteiger partial charge in [0, 0.05) is 25.9 Å². The van der Waals surface area contributed by atoms with Gasteiger partial charge in [0.05, 0.1) is 6.10 Å². The highest BCUT2D eigenvalue weighted by molar-refractivity contribution is 7.89. The van der Waals surface area contributed by atoms with Crippen molar-refractivity contribution in [1.82, 2.24) is 9.29 Å². The number of thiocarbonyl (C=S) groups is 1. The molecule has 1 aromatic heterocycles. The van der Waals surface area contributed by atoms with E-state index in [-0.39, 0.29) is 21.7 Å². The summed E-state index contributed by atoms with van der Waals surface area (Å²) in [6, 6.07) is 3.06. The summed E-state index contributed by atoms with van der Waals surface area (Å²) in [5.41, 5.74) is 5.72. The largest absolute Gasteiger partial charge is 0.388 e. The topological polar surface area (TPSA) is 85.5 Å². The number of hydrogen-bond acceptors (Lipinski definition) is 5. The zero-order valence-electron chi connectivity index (χ0n) is 11.9. The van der Waals surface area contributed by atoms with Crippen molar-refractivity contribution in [2.75, 3.05) is 19.7 Å². The molecule has 6 nitrogen and oxygen atoms in total. The molecule has 2 heterocycles. The number of ether oxygens (including phenoxy) is 1. The second kappa shape index (κ2) is 6.78. The monoisotopic (exact) mass is 329 g/mol. The highest BCUT2D eigenvalue weighted by Crippen LogP contribution is 2.23. The number of sulfonamides is 1. The lowest BCUT2D eigenvalue weighted by Crippen LogP contribution is -2.43. The molecule has 116 valence electrons. The molecule has 0 amide bonds. The molecule has 8 heteroatoms. The van der Waals surface area contributed by atoms with Crippen LogP contribution in [0.25, 0.3) is 0 Å². The molecule has 21 heavy (non-hydrogen) atoms. The van der Waals surface area contributed by atoms with E-state index in [1.165, 1.54) is 16.6 Å². The average Bonchev–Trinajstić information content (AvgIpc) is 2.48. The number of hydrogen-bond donors (Lipinski definition) is 1. The molecule has 0 saturated carbocycles. The molecular formula is C13H19N3O3S2. The van der Waals surface area contributed by atoms with Gasteiger partial charge in [0.15, 0.2) is 0 Å². The van der Waals surface area contributed by atoms with Crippen molar-refractivity contribution < 1.29 is 13.2 Å². The van der Waals surface area contributed by atoms with Crippen molar-refractivity contribution in [2.24, 2.45) is 5.73 Å². The van der Waals surface area contributed by atoms with E-state index in [1.54, 1.807) is 6.07 Å². The van der Waals surface area contributed by atoms with E-state index < -0.39 is 10.0 Å². The van der Waals surface area contributed by atoms with E-state index in [0.717, 1.165) is 12.8 Å². The number of nitrogens with two attached hydrogens (primary N) is 1. The van der Waals surface area contributed by atoms with Gasteiger partial charge in [-0.3, -0.25) is 4.98 Å². The maximum Gasteiger partial charge on any atom is 0.245 e. The van der Waals surface area contributed by atoms with Crippen LogP contribution in [0.2, 0.25) is 0 Å². The number of piperidine rings is 1. The minimum absolute atomic E-state index is 0.0208. The van der Waals surface area contributed by atoms with Crippen molar-refractivity contribution in [2.45, 2.75) is 30.8 Å². The Balaban J connectivity index is 2.32. The van der Waals surface area contributed by atoms with Gasteiger partial charge < -0.3 is 10.5 Å². The molecule has 2 N–H and O–H groups in total. The molecule has 1 saturated heterocycles. The van der Waals surface area contributed by atoms with Crippen molar-refractivity contribution in [3.8, 4) is 0 Å². The van der Waals surface area contributed by atoms with Gasteiger partial charge in [-0.2, -0.15) is 4.31 Å². The lowest BCUT2D eigenvalue weighted by atomic mass is 10.1. The third-order valence-corrected chi connectivity index (χ3v) is 5.46. The van der Waals surface area contributed by atoms with Crippen molar-refractivity contribution in [1.29, 1.82) is 0 Å². The summed E-state index contributed by atoms with van der Waals surface area (Å²) in [6.07, 6.45) is 3.05. The van der Waals surface area contributed by atoms with E-state index in [1.807, 2.05) is 6.92 Å². The number of rotatable bonds is 5. The van der Waals surface area contributed by atoms with E-state index in [0.29, 0.717) is 19.7 Å². The van der Waals surface area contributed by atoms with Gasteiger partial charge in [0.2, 0.25) is 10.0 Å². The Kier molecular flexibility index (Phi) is 5.26. The molecule has 0 aliphatic carbocycles. The summed E-state index contributed by atoms with van der Waals surface area (Å²) < 4.78 is 32.5. The first kappa shape index (κ1) is 16.3. The fourth-order valence-electron chi connectivity index (χ4n) is 2.42. The second-order valence-electron chi connectivity index (χ2n) is 4.80. The average molecular weight is 329 g/mol. The predicted octanol–water partition coefficient (Wildman–Crippen LogP) is 0.905. The first-order chi connectivity index (χ1) is 9.96. The Hall–Kier alpha value is -1.09. The normalized spacial score (nSPS) is 20.3. The van der Waals surface area contributed by atoms with Crippen molar-refractivity contribution >= 4 is 27.2 Å². The van der Waals surface area contributed by atoms with E-state index in [4.69, 9.17) is 22.7 Å². The number of aromatic nitrogens is 1. The van der Waals surface area contributed by atoms with Crippen LogP contribution in [-0.4, -0.2) is 48.5 Å². The summed E-state index contributed by atoms with van der Waals surface area (Å²) in [4.78, 5) is 4.04. The third-order valence-electron chi connectivity index (χ3n) is 3.37. The second-order valence-corrected chi connectivity index (χ2v) is 7.14. The Morgan fingerprint density at radius 2 is 2.38 bits per heavy atom. The summed E-state index contributed by atoms with van der Waals surface area (Å²) in [5, 5.41) is 0. The smallest absolute Gasteiger partial charge is 0.245 e. The van der Waals surface area contributed by atoms with Crippen LogP contribution >= 0.6 is 12.2 Å². The van der Waals surface area contributed by atoms with E-state index in [9.17, 15) is 8.42 Å². The van der Waals surface area contributed by atoms with Crippen LogP contribution in [0.15, 0.2) is 23.2 Å². The lowest BCUT2D eigenvalue weighted by Gasteiger charge is -2.31. The molecule has 0 spiro atoms. The van der Waals surface area contributed by atoms with Gasteiger partial charge in [0.25, 0.3) is 0 Å². The fraction of sp³-hybridized carbons (Fsp3) is 0.538. The number of nitrogens with zero attached hydrogens (tertiary/aromatic N) is 2. The fourth-order valence-corrected chi connectivity index (χ4v) is 4.31. The van der Waals surface area contributed by atoms with Crippen molar-refractivity contribution in [3.05, 3.63) is 24.0 Å². The molecule has 1 aliphatic rings. The summed E-state index contributed by atoms with van der Waals surface area (Å²) >= 11 is 4.89. The maximum absolute atomic E-state index is 12.8. The van der Waals surface area contributed by atoms with Gasteiger partial charge in [0.1, 0.15) is 15.6 Å². The van der Waals surface area contributed by atoms with Crippen LogP contribution in [0.3, 0.4) is 0 Å². The van der Waals surface area contributed by atoms with E-state index >= 15 is 0 Å². The minimum atomic E-state index is -3.67. The predicted molar refractivity (Wildman–Crippen MR) is 83.5 cm³/mol. The van der Waals surface area contributed by atoms with Crippen LogP contribution in [0.5, 0.6) is 0 Å². The summed E-state index contributed by atoms with van der Waals surface area (Å²) in [6.45, 7) is 3.29. The lowest BCUT2D eigenvalue weighted by molar-refractivity contribution is 0.0265. The minimum Gasteiger partial charge on any atom is -0.388 e. The Bertz CT molecular complexity index is 617. The van der Waals surface area contributed by atoms with Gasteiger partial charge in [-0.15, -0.1) is 0 Å². The molecule has 0 radical (unpaired) electrons. The van der Waals surface area contributed by atoms with Gasteiger partial charge >= 0.3 is 0 Å². The molecule has 1 aliphatic heterocycles. The molecule has 1 fully saturated rings. The highest BCUT2D eigenvalue weighted by Gasteiger charge is 2.32. The number of pyridine rings is 1. The van der Waals surface area contributed by atoms with Crippen LogP contribution < -0.4 is 5.73 Å². The Morgan fingerprint density at radius 3 is 3.05 bits per heavy atom. The first-order valence-corrected chi connectivity index (χ1v) is 8.68. The first-order valence-electron chi connectivity index (χ1n) is 6.83. The Morgan fingerprint density at radius 1 is 1.62 bits per heavy atom. The van der Waals surface area contributed by atoms with Gasteiger partial charge in [-0.1, -0.05) is 12.2 Å². The van der Waals surface area contributed by atoms with Crippen LogP contribution in [-0.2, 0) is 14.8 Å². The van der Waals surface area contributed by atoms with Crippen LogP contribution in [0.4, 0.5) is 0 Å². The molecular weight excluding hydrogens is 310 g/mol. The van der Waals surface area contributed by atoms with Crippen molar-refractivity contribution in [3.63, 3.8) is 0 Å². The Labute approximate surface area is 130 Å². The summed E-state index contributed by atoms with van der Waals surface area (Å²) in [7, 11) is -3.67. The maximum atomic E-state index is 12.8. The van der Waals surface area contributed by atoms with Crippen LogP contribution in [0, 0.1) is 0 Å². The van der Waals surface area contributed by atoms with Gasteiger partial charge in [-0.25, -0.2) is 8.42 Å². The highest BCUT2D eigenvalue weighted by atomic mass is 32.2. The third kappa shape index (κ3) is 3.57. The quantitative estimate of drug-likeness (QED) is 0.808. The molecule has 1 aromatic rings. The molecule has 0 bridgehead atoms. The molecule has 2 rings (SSSR count). The molecule has 0 aromatic carbocycles. The molecule has 1 atom stereocenters. The SMILES string of the molecule is CCOC1CCCN(S(=O)(=O)c2cccnc2C(N)=S)C1. The zero-order valence-corrected chi connectivity index (χ0v) is 13.5. The van der Waals surface area contributed by atoms with E-state index in [2.05, 4.69) is 4.98 Å². The van der Waals surface area contributed by atoms with Crippen LogP contribution in [0.1, 0.15) is 25.5 Å². The van der Waals surface area contributed by atoms with Gasteiger partial charge in [-0.05, 0) is 31.9 Å². The summed E-state index contributed by atoms with van der Waals surface area (Å²) in [5.74, 6) is 0. The standard InChI is InChI=1S/C13H19N3O3S2/c1-2-19-10-5-4-8-16(9-10)21(17,18)11-6-3-7-15-12(11)13(14)20/h3,6-7,10H,2,4-5,8-9H2,1H3,(H2,14,20). The molecule has 1 unspecified atom stereocenters.